The average Bonchev–Trinajstić information content (AvgIpc) is 2.01. The summed E-state index contributed by atoms with van der Waals surface area (Å²) in [6.45, 7) is 1.46. The maximum Gasteiger partial charge on any atom is 0.162 e. The van der Waals surface area contributed by atoms with Gasteiger partial charge in [-0.2, -0.15) is 5.26 Å². The molecule has 0 spiro atoms. The number of nitrogens with zero attached hydrogens (tertiary/aromatic N) is 1. The van der Waals surface area contributed by atoms with Crippen molar-refractivity contribution in [3.05, 3.63) is 22.1 Å². The normalized spacial score (nSPS) is 23.8. The van der Waals surface area contributed by atoms with Crippen LogP contribution in [0.3, 0.4) is 0 Å². The van der Waals surface area contributed by atoms with Gasteiger partial charge in [0.15, 0.2) is 5.83 Å². The van der Waals surface area contributed by atoms with E-state index in [4.69, 9.17) is 28.5 Å². The van der Waals surface area contributed by atoms with Crippen molar-refractivity contribution in [1.29, 1.82) is 5.26 Å². The van der Waals surface area contributed by atoms with E-state index in [9.17, 15) is 4.39 Å². The first-order valence-electron chi connectivity index (χ1n) is 3.15. The Morgan fingerprint density at radius 1 is 1.67 bits per heavy atom. The molecule has 5 heteroatoms. The highest BCUT2D eigenvalue weighted by atomic mass is 35.5. The molecule has 0 aromatic heterocycles. The standard InChI is InChI=1S/C7H5Cl2FN2/c1-3-4(2-11)6(8)12-7(9)5(3)10/h6,12H,1H3. The van der Waals surface area contributed by atoms with Crippen molar-refractivity contribution in [1.82, 2.24) is 5.32 Å². The second kappa shape index (κ2) is 3.34. The van der Waals surface area contributed by atoms with E-state index in [0.29, 0.717) is 0 Å². The molecule has 0 aromatic rings. The van der Waals surface area contributed by atoms with Gasteiger partial charge in [0.2, 0.25) is 0 Å². The van der Waals surface area contributed by atoms with Crippen LogP contribution in [0, 0.1) is 11.3 Å². The highest BCUT2D eigenvalue weighted by Gasteiger charge is 2.24. The molecule has 0 fully saturated rings. The van der Waals surface area contributed by atoms with Gasteiger partial charge >= 0.3 is 0 Å². The van der Waals surface area contributed by atoms with Crippen LogP contribution in [0.25, 0.3) is 0 Å². The van der Waals surface area contributed by atoms with E-state index in [1.54, 1.807) is 6.07 Å². The van der Waals surface area contributed by atoms with Crippen LogP contribution in [0.2, 0.25) is 0 Å². The third-order valence-electron chi connectivity index (χ3n) is 1.55. The van der Waals surface area contributed by atoms with E-state index in [0.717, 1.165) is 0 Å². The summed E-state index contributed by atoms with van der Waals surface area (Å²) in [5.41, 5.74) is -0.373. The molecule has 2 nitrogen and oxygen atoms in total. The number of nitrogens with one attached hydrogen (secondary N) is 1. The molecular weight excluding hydrogens is 202 g/mol. The highest BCUT2D eigenvalue weighted by molar-refractivity contribution is 6.31. The van der Waals surface area contributed by atoms with Crippen LogP contribution in [-0.2, 0) is 0 Å². The molecule has 0 aromatic carbocycles. The molecule has 1 atom stereocenters. The minimum absolute atomic E-state index is 0.147. The Kier molecular flexibility index (Phi) is 2.61. The smallest absolute Gasteiger partial charge is 0.162 e. The first-order chi connectivity index (χ1) is 5.57. The summed E-state index contributed by atoms with van der Waals surface area (Å²) in [4.78, 5) is 0. The molecule has 64 valence electrons. The van der Waals surface area contributed by atoms with Gasteiger partial charge in [-0.25, -0.2) is 4.39 Å². The second-order valence-electron chi connectivity index (χ2n) is 2.29. The Balaban J connectivity index is 3.19. The molecule has 0 saturated heterocycles. The van der Waals surface area contributed by atoms with E-state index in [1.807, 2.05) is 0 Å². The van der Waals surface area contributed by atoms with Crippen molar-refractivity contribution >= 4 is 23.2 Å². The van der Waals surface area contributed by atoms with E-state index in [2.05, 4.69) is 5.32 Å². The van der Waals surface area contributed by atoms with Gasteiger partial charge in [-0.3, -0.25) is 0 Å². The maximum atomic E-state index is 13.0. The van der Waals surface area contributed by atoms with Gasteiger partial charge in [0, 0.05) is 5.57 Å². The van der Waals surface area contributed by atoms with Gasteiger partial charge in [0.25, 0.3) is 0 Å². The Labute approximate surface area is 79.3 Å². The van der Waals surface area contributed by atoms with Crippen LogP contribution in [0.5, 0.6) is 0 Å². The Morgan fingerprint density at radius 2 is 2.25 bits per heavy atom. The Bertz CT molecular complexity index is 314. The SMILES string of the molecule is CC1=C(C#N)C(Cl)NC(Cl)=C1F. The number of alkyl halides is 1. The lowest BCUT2D eigenvalue weighted by molar-refractivity contribution is 0.613. The van der Waals surface area contributed by atoms with Gasteiger partial charge in [0.1, 0.15) is 10.7 Å². The summed E-state index contributed by atoms with van der Waals surface area (Å²) in [6, 6.07) is 1.81. The van der Waals surface area contributed by atoms with Crippen molar-refractivity contribution in [2.75, 3.05) is 0 Å². The highest BCUT2D eigenvalue weighted by Crippen LogP contribution is 2.28. The molecule has 1 aliphatic rings. The number of halogens is 3. The molecule has 0 bridgehead atoms. The van der Waals surface area contributed by atoms with Crippen LogP contribution < -0.4 is 5.32 Å². The van der Waals surface area contributed by atoms with Gasteiger partial charge in [-0.15, -0.1) is 0 Å². The third-order valence-corrected chi connectivity index (χ3v) is 2.16. The van der Waals surface area contributed by atoms with Crippen LogP contribution in [0.1, 0.15) is 6.92 Å². The Hall–Kier alpha value is -0.720. The van der Waals surface area contributed by atoms with Gasteiger partial charge in [-0.1, -0.05) is 23.2 Å². The van der Waals surface area contributed by atoms with Crippen molar-refractivity contribution in [3.63, 3.8) is 0 Å². The van der Waals surface area contributed by atoms with E-state index in [-0.39, 0.29) is 16.3 Å². The summed E-state index contributed by atoms with van der Waals surface area (Å²) in [5.74, 6) is -0.620. The number of hydrogen-bond donors (Lipinski definition) is 1. The van der Waals surface area contributed by atoms with Gasteiger partial charge in [0.05, 0.1) is 11.6 Å². The monoisotopic (exact) mass is 206 g/mol. The predicted octanol–water partition coefficient (Wildman–Crippen LogP) is 2.37. The van der Waals surface area contributed by atoms with E-state index >= 15 is 0 Å². The van der Waals surface area contributed by atoms with E-state index in [1.165, 1.54) is 6.92 Å². The summed E-state index contributed by atoms with van der Waals surface area (Å²) >= 11 is 11.1. The van der Waals surface area contributed by atoms with Crippen molar-refractivity contribution < 1.29 is 4.39 Å². The third kappa shape index (κ3) is 1.40. The number of hydrogen-bond acceptors (Lipinski definition) is 2. The molecule has 0 amide bonds. The fraction of sp³-hybridized carbons (Fsp3) is 0.286. The molecular formula is C7H5Cl2FN2. The van der Waals surface area contributed by atoms with Gasteiger partial charge in [-0.05, 0) is 6.92 Å². The van der Waals surface area contributed by atoms with Gasteiger partial charge < -0.3 is 5.32 Å². The topological polar surface area (TPSA) is 35.8 Å². The lowest BCUT2D eigenvalue weighted by Crippen LogP contribution is -2.27. The minimum atomic E-state index is -0.734. The zero-order valence-corrected chi connectivity index (χ0v) is 7.67. The zero-order valence-electron chi connectivity index (χ0n) is 6.16. The van der Waals surface area contributed by atoms with Crippen LogP contribution >= 0.6 is 23.2 Å². The summed E-state index contributed by atoms with van der Waals surface area (Å²) in [5, 5.41) is 10.8. The molecule has 1 rings (SSSR count). The lowest BCUT2D eigenvalue weighted by Gasteiger charge is -2.19. The van der Waals surface area contributed by atoms with Crippen LogP contribution in [0.15, 0.2) is 22.1 Å². The minimum Gasteiger partial charge on any atom is -0.353 e. The lowest BCUT2D eigenvalue weighted by atomic mass is 10.1. The molecule has 0 radical (unpaired) electrons. The second-order valence-corrected chi connectivity index (χ2v) is 3.10. The summed E-state index contributed by atoms with van der Waals surface area (Å²) in [7, 11) is 0. The molecule has 1 N–H and O–H groups in total. The number of allylic oxidation sites excluding steroid dienone is 2. The van der Waals surface area contributed by atoms with Crippen LogP contribution in [0.4, 0.5) is 4.39 Å². The molecule has 0 saturated carbocycles. The zero-order chi connectivity index (χ0) is 9.30. The summed E-state index contributed by atoms with van der Waals surface area (Å²) < 4.78 is 13.0. The molecule has 1 unspecified atom stereocenters. The maximum absolute atomic E-state index is 13.0. The van der Waals surface area contributed by atoms with Crippen molar-refractivity contribution in [2.24, 2.45) is 0 Å². The average molecular weight is 207 g/mol. The fourth-order valence-corrected chi connectivity index (χ4v) is 1.49. The molecule has 12 heavy (non-hydrogen) atoms. The van der Waals surface area contributed by atoms with Crippen molar-refractivity contribution in [3.8, 4) is 6.07 Å². The van der Waals surface area contributed by atoms with Crippen LogP contribution in [-0.4, -0.2) is 5.50 Å². The number of rotatable bonds is 0. The predicted molar refractivity (Wildman–Crippen MR) is 45.1 cm³/mol. The van der Waals surface area contributed by atoms with Crippen molar-refractivity contribution in [2.45, 2.75) is 12.4 Å². The number of dihydropyridines is 1. The molecule has 1 aliphatic heterocycles. The summed E-state index contributed by atoms with van der Waals surface area (Å²) in [6.07, 6.45) is 0. The molecule has 1 heterocycles. The first kappa shape index (κ1) is 9.37. The van der Waals surface area contributed by atoms with E-state index < -0.39 is 11.3 Å². The number of nitriles is 1. The largest absolute Gasteiger partial charge is 0.353 e. The first-order valence-corrected chi connectivity index (χ1v) is 3.96. The molecule has 0 aliphatic carbocycles. The fourth-order valence-electron chi connectivity index (χ4n) is 0.860. The quantitative estimate of drug-likeness (QED) is 0.488. The Morgan fingerprint density at radius 3 is 2.75 bits per heavy atom.